The van der Waals surface area contributed by atoms with Crippen LogP contribution in [0.15, 0.2) is 61.1 Å². The lowest BCUT2D eigenvalue weighted by Crippen LogP contribution is -2.67. The average Bonchev–Trinajstić information content (AvgIpc) is 3.03. The van der Waals surface area contributed by atoms with Crippen LogP contribution < -0.4 is 10.2 Å². The molecule has 220 valence electrons. The van der Waals surface area contributed by atoms with Crippen LogP contribution in [0, 0.1) is 17.2 Å². The summed E-state index contributed by atoms with van der Waals surface area (Å²) >= 11 is 6.09. The van der Waals surface area contributed by atoms with Gasteiger partial charge in [-0.05, 0) is 60.7 Å². The zero-order valence-electron chi connectivity index (χ0n) is 23.7. The second kappa shape index (κ2) is 12.1. The molecule has 0 aliphatic carbocycles. The highest BCUT2D eigenvalue weighted by atomic mass is 35.5. The maximum absolute atomic E-state index is 14.0. The Morgan fingerprint density at radius 2 is 1.86 bits per heavy atom. The molecule has 2 aliphatic rings. The zero-order valence-corrected chi connectivity index (χ0v) is 24.5. The quantitative estimate of drug-likeness (QED) is 0.290. The third-order valence-corrected chi connectivity index (χ3v) is 8.87. The van der Waals surface area contributed by atoms with E-state index in [0.717, 1.165) is 11.1 Å². The molecule has 1 unspecified atom stereocenters. The fourth-order valence-electron chi connectivity index (χ4n) is 5.87. The zero-order chi connectivity index (χ0) is 30.0. The molecule has 1 N–H and O–H groups in total. The number of nitrogens with one attached hydrogen (secondary N) is 1. The van der Waals surface area contributed by atoms with E-state index in [9.17, 15) is 18.8 Å². The Hall–Kier alpha value is -4.05. The van der Waals surface area contributed by atoms with Crippen molar-refractivity contribution in [3.8, 4) is 11.1 Å². The molecule has 2 aromatic heterocycles. The topological polar surface area (TPSA) is 105 Å². The number of likely N-dealkylation sites (tertiary alicyclic amines) is 1. The number of hydrogen-bond acceptors (Lipinski definition) is 6. The molecule has 4 heterocycles. The number of rotatable bonds is 7. The van der Waals surface area contributed by atoms with E-state index in [1.807, 2.05) is 38.1 Å². The Balaban J connectivity index is 1.40. The van der Waals surface area contributed by atoms with Crippen molar-refractivity contribution >= 4 is 35.2 Å². The molecule has 0 bridgehead atoms. The number of halogens is 2. The minimum absolute atomic E-state index is 0.0750. The largest absolute Gasteiger partial charge is 0.467 e. The van der Waals surface area contributed by atoms with E-state index in [2.05, 4.69) is 10.3 Å². The van der Waals surface area contributed by atoms with Gasteiger partial charge in [-0.1, -0.05) is 37.9 Å². The van der Waals surface area contributed by atoms with Crippen molar-refractivity contribution < 1.29 is 23.5 Å². The average molecular weight is 594 g/mol. The predicted molar refractivity (Wildman–Crippen MR) is 156 cm³/mol. The van der Waals surface area contributed by atoms with Crippen LogP contribution in [0.1, 0.15) is 44.8 Å². The molecular weight excluding hydrogens is 561 g/mol. The van der Waals surface area contributed by atoms with Crippen molar-refractivity contribution in [2.75, 3.05) is 25.1 Å². The highest BCUT2D eigenvalue weighted by Gasteiger charge is 2.63. The van der Waals surface area contributed by atoms with Crippen LogP contribution in [-0.2, 0) is 14.3 Å². The maximum Gasteiger partial charge on any atom is 0.328 e. The number of methoxy groups -OCH3 is 1. The first-order valence-electron chi connectivity index (χ1n) is 14.0. The lowest BCUT2D eigenvalue weighted by Gasteiger charge is -2.58. The van der Waals surface area contributed by atoms with Crippen LogP contribution in [-0.4, -0.2) is 59.0 Å². The normalized spacial score (nSPS) is 19.2. The minimum Gasteiger partial charge on any atom is -0.467 e. The van der Waals surface area contributed by atoms with Crippen LogP contribution in [0.2, 0.25) is 5.02 Å². The van der Waals surface area contributed by atoms with E-state index in [4.69, 9.17) is 21.3 Å². The molecule has 2 fully saturated rings. The van der Waals surface area contributed by atoms with Gasteiger partial charge in [0.15, 0.2) is 0 Å². The molecule has 5 rings (SSSR count). The molecule has 0 radical (unpaired) electrons. The standard InChI is InChI=1S/C31H33ClFN5O4/c1-4-19(2)26(28(39)42-3)36-30(41)37-15-11-31(12-16-37)27(38(29(31)40)22-6-7-24(33)23(32)17-22)25-8-5-21(18-35-25)20-9-13-34-14-10-20/h5-10,13-14,17-19,26-27H,4,11-12,15-16H2,1-3H3,(H,36,41)/t19-,26-,27?/m0/s1. The van der Waals surface area contributed by atoms with Crippen molar-refractivity contribution in [2.45, 2.75) is 45.2 Å². The Labute approximate surface area is 249 Å². The van der Waals surface area contributed by atoms with Gasteiger partial charge in [0.2, 0.25) is 5.91 Å². The van der Waals surface area contributed by atoms with Gasteiger partial charge < -0.3 is 19.9 Å². The number of aromatic nitrogens is 2. The minimum atomic E-state index is -0.804. The molecule has 2 aliphatic heterocycles. The van der Waals surface area contributed by atoms with Gasteiger partial charge in [-0.15, -0.1) is 0 Å². The van der Waals surface area contributed by atoms with E-state index in [-0.39, 0.29) is 22.9 Å². The summed E-state index contributed by atoms with van der Waals surface area (Å²) in [6.45, 7) is 4.45. The third kappa shape index (κ3) is 5.31. The van der Waals surface area contributed by atoms with Crippen LogP contribution in [0.5, 0.6) is 0 Å². The third-order valence-electron chi connectivity index (χ3n) is 8.58. The second-order valence-corrected chi connectivity index (χ2v) is 11.3. The number of hydrogen-bond donors (Lipinski definition) is 1. The fraction of sp³-hybridized carbons (Fsp3) is 0.387. The number of benzene rings is 1. The van der Waals surface area contributed by atoms with Crippen LogP contribution in [0.4, 0.5) is 14.9 Å². The molecule has 42 heavy (non-hydrogen) atoms. The Morgan fingerprint density at radius 3 is 2.45 bits per heavy atom. The summed E-state index contributed by atoms with van der Waals surface area (Å²) < 4.78 is 18.9. The van der Waals surface area contributed by atoms with Gasteiger partial charge in [0.05, 0.1) is 29.3 Å². The Morgan fingerprint density at radius 1 is 1.14 bits per heavy atom. The molecule has 3 amide bonds. The first-order valence-corrected chi connectivity index (χ1v) is 14.4. The Bertz CT molecular complexity index is 1460. The van der Waals surface area contributed by atoms with E-state index < -0.39 is 29.3 Å². The fourth-order valence-corrected chi connectivity index (χ4v) is 6.05. The summed E-state index contributed by atoms with van der Waals surface area (Å²) in [6, 6.07) is 10.3. The number of esters is 1. The molecule has 1 spiro atoms. The highest BCUT2D eigenvalue weighted by Crippen LogP contribution is 2.57. The number of β-lactam (4-membered cyclic amide) rings is 1. The number of anilines is 1. The summed E-state index contributed by atoms with van der Waals surface area (Å²) in [7, 11) is 1.30. The molecule has 3 atom stereocenters. The highest BCUT2D eigenvalue weighted by molar-refractivity contribution is 6.31. The van der Waals surface area contributed by atoms with Crippen molar-refractivity contribution in [1.82, 2.24) is 20.2 Å². The van der Waals surface area contributed by atoms with Crippen molar-refractivity contribution in [3.63, 3.8) is 0 Å². The van der Waals surface area contributed by atoms with E-state index in [1.165, 1.54) is 25.3 Å². The van der Waals surface area contributed by atoms with Crippen molar-refractivity contribution in [3.05, 3.63) is 77.6 Å². The summed E-state index contributed by atoms with van der Waals surface area (Å²) in [4.78, 5) is 51.5. The van der Waals surface area contributed by atoms with Gasteiger partial charge in [0.25, 0.3) is 0 Å². The summed E-state index contributed by atoms with van der Waals surface area (Å²) in [5.74, 6) is -1.29. The molecule has 9 nitrogen and oxygen atoms in total. The molecule has 3 aromatic rings. The number of pyridine rings is 2. The van der Waals surface area contributed by atoms with E-state index >= 15 is 0 Å². The van der Waals surface area contributed by atoms with E-state index in [1.54, 1.807) is 28.4 Å². The summed E-state index contributed by atoms with van der Waals surface area (Å²) in [5, 5.41) is 2.75. The molecule has 2 saturated heterocycles. The summed E-state index contributed by atoms with van der Waals surface area (Å²) in [5.41, 5.74) is 2.24. The van der Waals surface area contributed by atoms with Crippen LogP contribution >= 0.6 is 11.6 Å². The number of piperidine rings is 1. The lowest BCUT2D eigenvalue weighted by molar-refractivity contribution is -0.144. The number of amides is 3. The number of urea groups is 1. The van der Waals surface area contributed by atoms with Crippen LogP contribution in [0.25, 0.3) is 11.1 Å². The van der Waals surface area contributed by atoms with Gasteiger partial charge in [-0.2, -0.15) is 0 Å². The molecule has 11 heteroatoms. The van der Waals surface area contributed by atoms with Gasteiger partial charge in [-0.25, -0.2) is 14.0 Å². The number of carbonyl (C=O) groups excluding carboxylic acids is 3. The molecule has 1 aromatic carbocycles. The predicted octanol–water partition coefficient (Wildman–Crippen LogP) is 5.40. The van der Waals surface area contributed by atoms with Crippen molar-refractivity contribution in [2.24, 2.45) is 11.3 Å². The smallest absolute Gasteiger partial charge is 0.328 e. The van der Waals surface area contributed by atoms with Gasteiger partial charge in [-0.3, -0.25) is 14.8 Å². The lowest BCUT2D eigenvalue weighted by atomic mass is 9.63. The van der Waals surface area contributed by atoms with Crippen LogP contribution in [0.3, 0.4) is 0 Å². The van der Waals surface area contributed by atoms with Gasteiger partial charge in [0.1, 0.15) is 11.9 Å². The molecular formula is C31H33ClFN5O4. The van der Waals surface area contributed by atoms with Gasteiger partial charge >= 0.3 is 12.0 Å². The first-order chi connectivity index (χ1) is 20.2. The summed E-state index contributed by atoms with van der Waals surface area (Å²) in [6.07, 6.45) is 6.67. The van der Waals surface area contributed by atoms with E-state index in [0.29, 0.717) is 43.7 Å². The molecule has 0 saturated carbocycles. The number of ether oxygens (including phenoxy) is 1. The Kier molecular flexibility index (Phi) is 8.45. The monoisotopic (exact) mass is 593 g/mol. The van der Waals surface area contributed by atoms with Crippen molar-refractivity contribution in [1.29, 1.82) is 0 Å². The maximum atomic E-state index is 14.0. The SMILES string of the molecule is CC[C@H](C)[C@H](NC(=O)N1CCC2(CC1)C(=O)N(c1ccc(F)c(Cl)c1)C2c1ccc(-c2ccncc2)cn1)C(=O)OC. The van der Waals surface area contributed by atoms with Gasteiger partial charge in [0, 0.05) is 42.9 Å². The number of carbonyl (C=O) groups is 3. The second-order valence-electron chi connectivity index (χ2n) is 10.9. The first kappa shape index (κ1) is 29.4. The number of nitrogens with zero attached hydrogens (tertiary/aromatic N) is 4.